The topological polar surface area (TPSA) is 71.3 Å². The number of hydrogen-bond donors (Lipinski definition) is 1. The fourth-order valence-electron chi connectivity index (χ4n) is 2.78. The van der Waals surface area contributed by atoms with Gasteiger partial charge in [-0.3, -0.25) is 4.79 Å². The molecule has 32 heavy (non-hydrogen) atoms. The Morgan fingerprint density at radius 3 is 2.44 bits per heavy atom. The molecule has 3 rings (SSSR count). The smallest absolute Gasteiger partial charge is 0.266 e. The zero-order valence-electron chi connectivity index (χ0n) is 17.3. The molecule has 0 aliphatic heterocycles. The second-order valence-corrected chi connectivity index (χ2v) is 7.54. The normalized spacial score (nSPS) is 10.9. The molecular weight excluding hydrogens is 475 g/mol. The highest BCUT2D eigenvalue weighted by molar-refractivity contribution is 9.10. The lowest BCUT2D eigenvalue weighted by molar-refractivity contribution is -0.112. The number of nitrogens with zero attached hydrogens (tertiary/aromatic N) is 1. The molecule has 0 bridgehead atoms. The van der Waals surface area contributed by atoms with Crippen molar-refractivity contribution in [2.75, 3.05) is 11.9 Å². The van der Waals surface area contributed by atoms with Gasteiger partial charge in [-0.05, 0) is 88.6 Å². The van der Waals surface area contributed by atoms with Gasteiger partial charge in [0.2, 0.25) is 0 Å². The van der Waals surface area contributed by atoms with Crippen LogP contribution in [0.4, 0.5) is 10.1 Å². The molecule has 0 fully saturated rings. The summed E-state index contributed by atoms with van der Waals surface area (Å²) in [6.45, 7) is 2.73. The van der Waals surface area contributed by atoms with Crippen LogP contribution in [0.3, 0.4) is 0 Å². The van der Waals surface area contributed by atoms with Gasteiger partial charge in [0, 0.05) is 5.69 Å². The Labute approximate surface area is 194 Å². The Morgan fingerprint density at radius 1 is 1.09 bits per heavy atom. The summed E-state index contributed by atoms with van der Waals surface area (Å²) in [5.41, 5.74) is 2.01. The van der Waals surface area contributed by atoms with Gasteiger partial charge in [0.1, 0.15) is 35.6 Å². The summed E-state index contributed by atoms with van der Waals surface area (Å²) >= 11 is 3.44. The highest BCUT2D eigenvalue weighted by atomic mass is 79.9. The standard InChI is InChI=1S/C25H20BrFN2O3/c1-2-31-22-10-8-21(9-11-22)29-25(30)19(15-28)13-18-5-12-24(23(26)14-18)32-16-17-3-6-20(27)7-4-17/h3-14H,2,16H2,1H3,(H,29,30)/b19-13-. The van der Waals surface area contributed by atoms with Gasteiger partial charge in [0.25, 0.3) is 5.91 Å². The lowest BCUT2D eigenvalue weighted by atomic mass is 10.1. The van der Waals surface area contributed by atoms with Crippen LogP contribution in [0.15, 0.2) is 76.8 Å². The first-order chi connectivity index (χ1) is 15.5. The second-order valence-electron chi connectivity index (χ2n) is 6.69. The minimum Gasteiger partial charge on any atom is -0.494 e. The summed E-state index contributed by atoms with van der Waals surface area (Å²) in [6.07, 6.45) is 1.50. The average molecular weight is 495 g/mol. The van der Waals surface area contributed by atoms with Gasteiger partial charge in [0.15, 0.2) is 0 Å². The average Bonchev–Trinajstić information content (AvgIpc) is 2.79. The zero-order chi connectivity index (χ0) is 22.9. The molecule has 3 aromatic rings. The number of hydrogen-bond acceptors (Lipinski definition) is 4. The molecular formula is C25H20BrFN2O3. The molecule has 1 N–H and O–H groups in total. The predicted octanol–water partition coefficient (Wildman–Crippen LogP) is 6.11. The number of benzene rings is 3. The van der Waals surface area contributed by atoms with E-state index >= 15 is 0 Å². The van der Waals surface area contributed by atoms with Gasteiger partial charge in [0.05, 0.1) is 11.1 Å². The number of ether oxygens (including phenoxy) is 2. The number of anilines is 1. The van der Waals surface area contributed by atoms with Crippen molar-refractivity contribution in [2.24, 2.45) is 0 Å². The summed E-state index contributed by atoms with van der Waals surface area (Å²) in [7, 11) is 0. The van der Waals surface area contributed by atoms with Crippen molar-refractivity contribution in [2.45, 2.75) is 13.5 Å². The van der Waals surface area contributed by atoms with Gasteiger partial charge >= 0.3 is 0 Å². The van der Waals surface area contributed by atoms with Crippen LogP contribution in [0, 0.1) is 17.1 Å². The number of rotatable bonds is 8. The quantitative estimate of drug-likeness (QED) is 0.302. The fourth-order valence-corrected chi connectivity index (χ4v) is 3.29. The molecule has 1 amide bonds. The van der Waals surface area contributed by atoms with Crippen molar-refractivity contribution in [3.8, 4) is 17.6 Å². The van der Waals surface area contributed by atoms with Crippen LogP contribution in [0.2, 0.25) is 0 Å². The molecule has 0 atom stereocenters. The van der Waals surface area contributed by atoms with Crippen LogP contribution in [0.5, 0.6) is 11.5 Å². The van der Waals surface area contributed by atoms with E-state index in [2.05, 4.69) is 21.2 Å². The van der Waals surface area contributed by atoms with Gasteiger partial charge in [-0.2, -0.15) is 5.26 Å². The Morgan fingerprint density at radius 2 is 1.81 bits per heavy atom. The molecule has 0 aliphatic carbocycles. The maximum atomic E-state index is 13.0. The molecule has 162 valence electrons. The Bertz CT molecular complexity index is 1150. The maximum absolute atomic E-state index is 13.0. The highest BCUT2D eigenvalue weighted by Gasteiger charge is 2.11. The fraction of sp³-hybridized carbons (Fsp3) is 0.120. The van der Waals surface area contributed by atoms with E-state index in [1.165, 1.54) is 18.2 Å². The van der Waals surface area contributed by atoms with Crippen LogP contribution in [-0.2, 0) is 11.4 Å². The van der Waals surface area contributed by atoms with Crippen molar-refractivity contribution >= 4 is 33.6 Å². The van der Waals surface area contributed by atoms with Crippen LogP contribution in [0.25, 0.3) is 6.08 Å². The number of halogens is 2. The van der Waals surface area contributed by atoms with E-state index in [9.17, 15) is 14.4 Å². The van der Waals surface area contributed by atoms with Crippen molar-refractivity contribution in [1.82, 2.24) is 0 Å². The zero-order valence-corrected chi connectivity index (χ0v) is 18.9. The summed E-state index contributed by atoms with van der Waals surface area (Å²) in [4.78, 5) is 12.5. The van der Waals surface area contributed by atoms with Crippen molar-refractivity contribution in [1.29, 1.82) is 5.26 Å². The van der Waals surface area contributed by atoms with Crippen molar-refractivity contribution in [3.63, 3.8) is 0 Å². The SMILES string of the molecule is CCOc1ccc(NC(=O)/C(C#N)=C\c2ccc(OCc3ccc(F)cc3)c(Br)c2)cc1. The number of carbonyl (C=O) groups excluding carboxylic acids is 1. The first-order valence-corrected chi connectivity index (χ1v) is 10.6. The summed E-state index contributed by atoms with van der Waals surface area (Å²) < 4.78 is 24.8. The lowest BCUT2D eigenvalue weighted by Crippen LogP contribution is -2.13. The van der Waals surface area contributed by atoms with Crippen LogP contribution >= 0.6 is 15.9 Å². The van der Waals surface area contributed by atoms with Gasteiger partial charge < -0.3 is 14.8 Å². The largest absolute Gasteiger partial charge is 0.494 e. The molecule has 0 aromatic heterocycles. The number of amides is 1. The minimum atomic E-state index is -0.510. The molecule has 0 unspecified atom stereocenters. The van der Waals surface area contributed by atoms with E-state index in [-0.39, 0.29) is 18.0 Å². The first-order valence-electron chi connectivity index (χ1n) is 9.81. The highest BCUT2D eigenvalue weighted by Crippen LogP contribution is 2.28. The maximum Gasteiger partial charge on any atom is 0.266 e. The number of carbonyl (C=O) groups is 1. The predicted molar refractivity (Wildman–Crippen MR) is 125 cm³/mol. The molecule has 0 saturated heterocycles. The van der Waals surface area contributed by atoms with Crippen LogP contribution < -0.4 is 14.8 Å². The molecule has 5 nitrogen and oxygen atoms in total. The van der Waals surface area contributed by atoms with Gasteiger partial charge in [-0.25, -0.2) is 4.39 Å². The van der Waals surface area contributed by atoms with E-state index < -0.39 is 5.91 Å². The molecule has 0 saturated carbocycles. The van der Waals surface area contributed by atoms with Crippen molar-refractivity contribution < 1.29 is 18.7 Å². The number of nitriles is 1. The van der Waals surface area contributed by atoms with E-state index in [4.69, 9.17) is 9.47 Å². The van der Waals surface area contributed by atoms with E-state index in [1.807, 2.05) is 13.0 Å². The second kappa shape index (κ2) is 11.1. The molecule has 0 aliphatic rings. The molecule has 0 spiro atoms. The van der Waals surface area contributed by atoms with E-state index in [1.54, 1.807) is 54.6 Å². The third-order valence-corrected chi connectivity index (χ3v) is 4.98. The Hall–Kier alpha value is -3.63. The van der Waals surface area contributed by atoms with Gasteiger partial charge in [-0.15, -0.1) is 0 Å². The van der Waals surface area contributed by atoms with E-state index in [0.717, 1.165) is 5.56 Å². The molecule has 0 heterocycles. The molecule has 3 aromatic carbocycles. The summed E-state index contributed by atoms with van der Waals surface area (Å²) in [5.74, 6) is 0.479. The number of nitrogens with one attached hydrogen (secondary N) is 1. The monoisotopic (exact) mass is 494 g/mol. The van der Waals surface area contributed by atoms with E-state index in [0.29, 0.717) is 33.8 Å². The lowest BCUT2D eigenvalue weighted by Gasteiger charge is -2.09. The Balaban J connectivity index is 1.66. The third-order valence-electron chi connectivity index (χ3n) is 4.36. The van der Waals surface area contributed by atoms with Gasteiger partial charge in [-0.1, -0.05) is 18.2 Å². The van der Waals surface area contributed by atoms with Crippen molar-refractivity contribution in [3.05, 3.63) is 93.7 Å². The molecule has 0 radical (unpaired) electrons. The molecule has 7 heteroatoms. The Kier molecular flexibility index (Phi) is 8.01. The minimum absolute atomic E-state index is 0.0363. The third kappa shape index (κ3) is 6.43. The first kappa shape index (κ1) is 23.0. The summed E-state index contributed by atoms with van der Waals surface area (Å²) in [6, 6.07) is 20.1. The van der Waals surface area contributed by atoms with Crippen LogP contribution in [-0.4, -0.2) is 12.5 Å². The van der Waals surface area contributed by atoms with Crippen LogP contribution in [0.1, 0.15) is 18.1 Å². The summed E-state index contributed by atoms with van der Waals surface area (Å²) in [5, 5.41) is 12.1.